The van der Waals surface area contributed by atoms with Crippen molar-refractivity contribution in [1.29, 1.82) is 0 Å². The minimum atomic E-state index is -2.55. The highest BCUT2D eigenvalue weighted by molar-refractivity contribution is 7.91. The number of sulfone groups is 1. The average molecular weight is 194 g/mol. The lowest BCUT2D eigenvalue weighted by atomic mass is 10.4. The normalized spacial score (nSPS) is 19.8. The Bertz CT molecular complexity index is 170. The van der Waals surface area contributed by atoms with E-state index in [0.717, 1.165) is 26.1 Å². The van der Waals surface area contributed by atoms with Crippen LogP contribution in [0, 0.1) is 0 Å². The van der Waals surface area contributed by atoms with Gasteiger partial charge in [0.05, 0.1) is 11.5 Å². The van der Waals surface area contributed by atoms with E-state index in [2.05, 4.69) is 0 Å². The molecule has 0 aromatic rings. The Kier molecular flexibility index (Phi) is 6.38. The lowest BCUT2D eigenvalue weighted by Crippen LogP contribution is -1.98. The van der Waals surface area contributed by atoms with Crippen molar-refractivity contribution in [3.8, 4) is 0 Å². The van der Waals surface area contributed by atoms with Crippen molar-refractivity contribution in [2.75, 3.05) is 24.7 Å². The van der Waals surface area contributed by atoms with Crippen LogP contribution in [0.3, 0.4) is 0 Å². The predicted octanol–water partition coefficient (Wildman–Crippen LogP) is 1.24. The molecule has 1 rings (SSSR count). The largest absolute Gasteiger partial charge is 0.382 e. The second kappa shape index (κ2) is 6.43. The van der Waals surface area contributed by atoms with E-state index >= 15 is 0 Å². The van der Waals surface area contributed by atoms with Gasteiger partial charge in [-0.3, -0.25) is 0 Å². The van der Waals surface area contributed by atoms with E-state index in [4.69, 9.17) is 4.74 Å². The molecule has 0 aromatic carbocycles. The predicted molar refractivity (Wildman–Crippen MR) is 50.1 cm³/mol. The third-order valence-corrected chi connectivity index (χ3v) is 3.39. The lowest BCUT2D eigenvalue weighted by Gasteiger charge is -1.86. The van der Waals surface area contributed by atoms with Gasteiger partial charge >= 0.3 is 0 Å². The van der Waals surface area contributed by atoms with Crippen molar-refractivity contribution in [2.45, 2.75) is 26.7 Å². The van der Waals surface area contributed by atoms with Crippen molar-refractivity contribution in [3.63, 3.8) is 0 Å². The van der Waals surface area contributed by atoms with E-state index in [1.165, 1.54) is 0 Å². The zero-order valence-electron chi connectivity index (χ0n) is 7.88. The number of ether oxygens (including phenoxy) is 1. The molecule has 74 valence electrons. The first-order chi connectivity index (χ1) is 5.62. The van der Waals surface area contributed by atoms with Crippen LogP contribution < -0.4 is 0 Å². The van der Waals surface area contributed by atoms with Crippen LogP contribution in [-0.4, -0.2) is 33.1 Å². The lowest BCUT2D eigenvalue weighted by molar-refractivity contribution is 0.162. The molecule has 1 aliphatic rings. The van der Waals surface area contributed by atoms with E-state index in [-0.39, 0.29) is 0 Å². The van der Waals surface area contributed by atoms with Crippen molar-refractivity contribution in [3.05, 3.63) is 0 Å². The maximum atomic E-state index is 10.4. The molecule has 0 amide bonds. The minimum absolute atomic E-state index is 0.424. The Morgan fingerprint density at radius 2 is 1.50 bits per heavy atom. The van der Waals surface area contributed by atoms with Crippen molar-refractivity contribution >= 4 is 9.84 Å². The number of rotatable bonds is 2. The summed E-state index contributed by atoms with van der Waals surface area (Å²) in [4.78, 5) is 0. The first-order valence-corrected chi connectivity index (χ1v) is 6.22. The van der Waals surface area contributed by atoms with Gasteiger partial charge in [-0.1, -0.05) is 0 Å². The fourth-order valence-electron chi connectivity index (χ4n) is 0.950. The molecule has 1 heterocycles. The van der Waals surface area contributed by atoms with Gasteiger partial charge in [0.15, 0.2) is 0 Å². The summed E-state index contributed by atoms with van der Waals surface area (Å²) in [5, 5.41) is 0. The van der Waals surface area contributed by atoms with E-state index in [1.54, 1.807) is 0 Å². The molecule has 1 saturated heterocycles. The summed E-state index contributed by atoms with van der Waals surface area (Å²) in [5.74, 6) is 0.847. The second-order valence-electron chi connectivity index (χ2n) is 2.64. The maximum Gasteiger partial charge on any atom is 0.150 e. The molecule has 0 unspecified atom stereocenters. The van der Waals surface area contributed by atoms with Crippen molar-refractivity contribution in [1.82, 2.24) is 0 Å². The van der Waals surface area contributed by atoms with Gasteiger partial charge in [-0.15, -0.1) is 0 Å². The van der Waals surface area contributed by atoms with Crippen LogP contribution in [0.2, 0.25) is 0 Å². The van der Waals surface area contributed by atoms with Gasteiger partial charge in [-0.2, -0.15) is 0 Å². The summed E-state index contributed by atoms with van der Waals surface area (Å²) < 4.78 is 25.7. The van der Waals surface area contributed by atoms with E-state index in [9.17, 15) is 8.42 Å². The highest BCUT2D eigenvalue weighted by Crippen LogP contribution is 2.08. The summed E-state index contributed by atoms with van der Waals surface area (Å²) in [6, 6.07) is 0. The van der Waals surface area contributed by atoms with Crippen LogP contribution in [0.5, 0.6) is 0 Å². The molecule has 0 saturated carbocycles. The quantitative estimate of drug-likeness (QED) is 0.664. The molecule has 0 aliphatic carbocycles. The summed E-state index contributed by atoms with van der Waals surface area (Å²) >= 11 is 0. The zero-order chi connectivity index (χ0) is 9.45. The van der Waals surface area contributed by atoms with Crippen LogP contribution in [0.25, 0.3) is 0 Å². The summed E-state index contributed by atoms with van der Waals surface area (Å²) in [6.07, 6.45) is 1.75. The molecule has 1 aliphatic heterocycles. The summed E-state index contributed by atoms with van der Waals surface area (Å²) in [5.41, 5.74) is 0. The van der Waals surface area contributed by atoms with Crippen molar-refractivity contribution < 1.29 is 13.2 Å². The Morgan fingerprint density at radius 3 is 1.58 bits per heavy atom. The monoisotopic (exact) mass is 194 g/mol. The van der Waals surface area contributed by atoms with Crippen LogP contribution in [-0.2, 0) is 14.6 Å². The fraction of sp³-hybridized carbons (Fsp3) is 1.00. The third-order valence-electron chi connectivity index (χ3n) is 1.57. The molecule has 0 aromatic heterocycles. The standard InChI is InChI=1S/C4H8O2S.C4H10O/c5-7(6)3-1-2-4-7;1-3-5-4-2/h1-4H2;3-4H2,1-2H3. The maximum absolute atomic E-state index is 10.4. The minimum Gasteiger partial charge on any atom is -0.382 e. The van der Waals surface area contributed by atoms with E-state index in [1.807, 2.05) is 13.8 Å². The first kappa shape index (κ1) is 11.9. The molecule has 0 bridgehead atoms. The highest BCUT2D eigenvalue weighted by atomic mass is 32.2. The van der Waals surface area contributed by atoms with Gasteiger partial charge in [0.1, 0.15) is 9.84 Å². The van der Waals surface area contributed by atoms with Gasteiger partial charge < -0.3 is 4.74 Å². The Morgan fingerprint density at radius 1 is 1.08 bits per heavy atom. The molecular formula is C8H18O3S. The summed E-state index contributed by atoms with van der Waals surface area (Å²) in [6.45, 7) is 5.67. The molecular weight excluding hydrogens is 176 g/mol. The Labute approximate surface area is 75.0 Å². The molecule has 1 fully saturated rings. The van der Waals surface area contributed by atoms with Gasteiger partial charge in [0.2, 0.25) is 0 Å². The van der Waals surface area contributed by atoms with Crippen LogP contribution in [0.1, 0.15) is 26.7 Å². The van der Waals surface area contributed by atoms with Crippen LogP contribution in [0.4, 0.5) is 0 Å². The van der Waals surface area contributed by atoms with Crippen LogP contribution >= 0.6 is 0 Å². The molecule has 0 N–H and O–H groups in total. The van der Waals surface area contributed by atoms with Gasteiger partial charge in [-0.25, -0.2) is 8.42 Å². The second-order valence-corrected chi connectivity index (χ2v) is 4.94. The smallest absolute Gasteiger partial charge is 0.150 e. The highest BCUT2D eigenvalue weighted by Gasteiger charge is 2.16. The molecule has 0 atom stereocenters. The topological polar surface area (TPSA) is 43.4 Å². The zero-order valence-corrected chi connectivity index (χ0v) is 8.69. The first-order valence-electron chi connectivity index (χ1n) is 4.40. The van der Waals surface area contributed by atoms with Gasteiger partial charge in [0.25, 0.3) is 0 Å². The van der Waals surface area contributed by atoms with E-state index in [0.29, 0.717) is 11.5 Å². The molecule has 0 radical (unpaired) electrons. The van der Waals surface area contributed by atoms with E-state index < -0.39 is 9.84 Å². The molecule has 3 nitrogen and oxygen atoms in total. The average Bonchev–Trinajstić information content (AvgIpc) is 2.37. The van der Waals surface area contributed by atoms with Crippen molar-refractivity contribution in [2.24, 2.45) is 0 Å². The summed E-state index contributed by atoms with van der Waals surface area (Å²) in [7, 11) is -2.55. The number of hydrogen-bond acceptors (Lipinski definition) is 3. The molecule has 4 heteroatoms. The Balaban J connectivity index is 0.000000217. The SMILES string of the molecule is CCOCC.O=S1(=O)CCCC1. The van der Waals surface area contributed by atoms with Gasteiger partial charge in [0, 0.05) is 13.2 Å². The van der Waals surface area contributed by atoms with Crippen LogP contribution in [0.15, 0.2) is 0 Å². The fourth-order valence-corrected chi connectivity index (χ4v) is 2.44. The molecule has 0 spiro atoms. The number of hydrogen-bond donors (Lipinski definition) is 0. The third kappa shape index (κ3) is 6.61. The Hall–Kier alpha value is -0.0900. The van der Waals surface area contributed by atoms with Gasteiger partial charge in [-0.05, 0) is 26.7 Å². The molecule has 12 heavy (non-hydrogen) atoms.